The lowest BCUT2D eigenvalue weighted by molar-refractivity contribution is -0.176. The number of hydrogen-bond donors (Lipinski definition) is 1. The second kappa shape index (κ2) is 8.17. The highest BCUT2D eigenvalue weighted by Gasteiger charge is 2.31. The van der Waals surface area contributed by atoms with E-state index in [4.69, 9.17) is 4.74 Å². The minimum atomic E-state index is -4.40. The highest BCUT2D eigenvalue weighted by atomic mass is 19.4. The molecule has 3 amide bonds. The van der Waals surface area contributed by atoms with Gasteiger partial charge in [0.2, 0.25) is 0 Å². The molecule has 1 aromatic rings. The van der Waals surface area contributed by atoms with Crippen molar-refractivity contribution in [2.75, 3.05) is 19.7 Å². The molecule has 0 aliphatic carbocycles. The van der Waals surface area contributed by atoms with E-state index < -0.39 is 36.8 Å². The summed E-state index contributed by atoms with van der Waals surface area (Å²) in [4.78, 5) is 36.5. The summed E-state index contributed by atoms with van der Waals surface area (Å²) in [5.41, 5.74) is 0.568. The Morgan fingerprint density at radius 1 is 1.27 bits per heavy atom. The SMILES string of the molecule is C[C@H](OC(=O)c1ccc(COCC(F)(F)F)cc1)C(=O)N1CCNC1=O. The lowest BCUT2D eigenvalue weighted by Gasteiger charge is -2.18. The molecule has 1 aromatic carbocycles. The number of imide groups is 1. The van der Waals surface area contributed by atoms with Crippen molar-refractivity contribution < 1.29 is 37.0 Å². The number of rotatable bonds is 6. The molecule has 0 bridgehead atoms. The Hall–Kier alpha value is -2.62. The van der Waals surface area contributed by atoms with Crippen LogP contribution in [0.1, 0.15) is 22.8 Å². The van der Waals surface area contributed by atoms with Gasteiger partial charge in [0.15, 0.2) is 6.10 Å². The number of hydrogen-bond acceptors (Lipinski definition) is 5. The zero-order chi connectivity index (χ0) is 19.3. The fraction of sp³-hybridized carbons (Fsp3) is 0.438. The Morgan fingerprint density at radius 2 is 1.92 bits per heavy atom. The van der Waals surface area contributed by atoms with Gasteiger partial charge in [0, 0.05) is 13.1 Å². The number of carbonyl (C=O) groups is 3. The van der Waals surface area contributed by atoms with Crippen LogP contribution in [0.3, 0.4) is 0 Å². The van der Waals surface area contributed by atoms with E-state index in [0.29, 0.717) is 12.1 Å². The van der Waals surface area contributed by atoms with E-state index in [1.807, 2.05) is 0 Å². The maximum atomic E-state index is 12.1. The molecule has 7 nitrogen and oxygen atoms in total. The molecule has 0 radical (unpaired) electrons. The van der Waals surface area contributed by atoms with E-state index in [0.717, 1.165) is 4.90 Å². The first-order valence-electron chi connectivity index (χ1n) is 7.71. The minimum Gasteiger partial charge on any atom is -0.449 e. The van der Waals surface area contributed by atoms with E-state index in [1.165, 1.54) is 31.2 Å². The lowest BCUT2D eigenvalue weighted by atomic mass is 10.1. The Balaban J connectivity index is 1.87. The number of ether oxygens (including phenoxy) is 2. The number of alkyl halides is 3. The molecule has 1 saturated heterocycles. The largest absolute Gasteiger partial charge is 0.449 e. The monoisotopic (exact) mass is 374 g/mol. The number of esters is 1. The molecule has 26 heavy (non-hydrogen) atoms. The molecule has 2 rings (SSSR count). The molecule has 0 unspecified atom stereocenters. The van der Waals surface area contributed by atoms with Crippen LogP contribution in [0.4, 0.5) is 18.0 Å². The standard InChI is InChI=1S/C16H17F3N2O5/c1-10(13(22)21-7-6-20-15(21)24)26-14(23)12-4-2-11(3-5-12)8-25-9-16(17,18)19/h2-5,10H,6-9H2,1H3,(H,20,24)/t10-/m0/s1. The van der Waals surface area contributed by atoms with E-state index in [-0.39, 0.29) is 18.7 Å². The van der Waals surface area contributed by atoms with Gasteiger partial charge in [-0.2, -0.15) is 13.2 Å². The van der Waals surface area contributed by atoms with Gasteiger partial charge in [0.05, 0.1) is 12.2 Å². The maximum Gasteiger partial charge on any atom is 0.411 e. The molecule has 1 N–H and O–H groups in total. The van der Waals surface area contributed by atoms with Gasteiger partial charge in [-0.1, -0.05) is 12.1 Å². The van der Waals surface area contributed by atoms with Gasteiger partial charge < -0.3 is 14.8 Å². The van der Waals surface area contributed by atoms with Gasteiger partial charge >= 0.3 is 18.2 Å². The topological polar surface area (TPSA) is 84.9 Å². The first kappa shape index (κ1) is 19.7. The number of nitrogens with one attached hydrogen (secondary N) is 1. The molecule has 1 aliphatic rings. The molecule has 10 heteroatoms. The molecule has 0 spiro atoms. The average molecular weight is 374 g/mol. The third kappa shape index (κ3) is 5.45. The van der Waals surface area contributed by atoms with Crippen LogP contribution in [-0.4, -0.2) is 54.8 Å². The van der Waals surface area contributed by atoms with Gasteiger partial charge in [0.1, 0.15) is 6.61 Å². The molecule has 0 aromatic heterocycles. The van der Waals surface area contributed by atoms with Crippen LogP contribution >= 0.6 is 0 Å². The second-order valence-corrected chi connectivity index (χ2v) is 5.57. The summed E-state index contributed by atoms with van der Waals surface area (Å²) in [5, 5.41) is 2.47. The summed E-state index contributed by atoms with van der Waals surface area (Å²) in [5.74, 6) is -1.42. The molecule has 1 aliphatic heterocycles. The minimum absolute atomic E-state index is 0.120. The van der Waals surface area contributed by atoms with E-state index >= 15 is 0 Å². The molecule has 1 fully saturated rings. The fourth-order valence-electron chi connectivity index (χ4n) is 2.20. The van der Waals surface area contributed by atoms with Crippen molar-refractivity contribution in [3.05, 3.63) is 35.4 Å². The van der Waals surface area contributed by atoms with Crippen molar-refractivity contribution in [2.24, 2.45) is 0 Å². The summed E-state index contributed by atoms with van der Waals surface area (Å²) in [6, 6.07) is 5.02. The van der Waals surface area contributed by atoms with Crippen LogP contribution in [-0.2, 0) is 20.9 Å². The van der Waals surface area contributed by atoms with Crippen molar-refractivity contribution >= 4 is 17.9 Å². The highest BCUT2D eigenvalue weighted by Crippen LogP contribution is 2.16. The number of urea groups is 1. The van der Waals surface area contributed by atoms with E-state index in [9.17, 15) is 27.6 Å². The average Bonchev–Trinajstić information content (AvgIpc) is 2.99. The summed E-state index contributed by atoms with van der Waals surface area (Å²) in [7, 11) is 0. The fourth-order valence-corrected chi connectivity index (χ4v) is 2.20. The lowest BCUT2D eigenvalue weighted by Crippen LogP contribution is -2.41. The number of benzene rings is 1. The Morgan fingerprint density at radius 3 is 2.46 bits per heavy atom. The highest BCUT2D eigenvalue weighted by molar-refractivity contribution is 5.99. The molecular formula is C16H17F3N2O5. The van der Waals surface area contributed by atoms with Crippen molar-refractivity contribution in [3.63, 3.8) is 0 Å². The summed E-state index contributed by atoms with van der Waals surface area (Å²) < 4.78 is 45.6. The summed E-state index contributed by atoms with van der Waals surface area (Å²) in [6.45, 7) is 0.273. The third-order valence-corrected chi connectivity index (χ3v) is 3.48. The smallest absolute Gasteiger partial charge is 0.411 e. The molecular weight excluding hydrogens is 357 g/mol. The maximum absolute atomic E-state index is 12.1. The van der Waals surface area contributed by atoms with Crippen molar-refractivity contribution in [3.8, 4) is 0 Å². The van der Waals surface area contributed by atoms with Gasteiger partial charge in [-0.15, -0.1) is 0 Å². The van der Waals surface area contributed by atoms with E-state index in [1.54, 1.807) is 0 Å². The number of halogens is 3. The first-order chi connectivity index (χ1) is 12.2. The van der Waals surface area contributed by atoms with Crippen LogP contribution in [0.2, 0.25) is 0 Å². The van der Waals surface area contributed by atoms with Crippen molar-refractivity contribution in [2.45, 2.75) is 25.8 Å². The number of carbonyl (C=O) groups excluding carboxylic acids is 3. The van der Waals surface area contributed by atoms with Crippen LogP contribution in [0.15, 0.2) is 24.3 Å². The van der Waals surface area contributed by atoms with Crippen LogP contribution in [0.25, 0.3) is 0 Å². The predicted octanol–water partition coefficient (Wildman–Crippen LogP) is 1.86. The normalized spacial score (nSPS) is 15.5. The Labute approximate surface area is 147 Å². The molecule has 1 heterocycles. The first-order valence-corrected chi connectivity index (χ1v) is 7.71. The second-order valence-electron chi connectivity index (χ2n) is 5.57. The van der Waals surface area contributed by atoms with Crippen LogP contribution in [0, 0.1) is 0 Å². The zero-order valence-electron chi connectivity index (χ0n) is 13.8. The van der Waals surface area contributed by atoms with Gasteiger partial charge in [-0.3, -0.25) is 9.69 Å². The quantitative estimate of drug-likeness (QED) is 0.769. The third-order valence-electron chi connectivity index (χ3n) is 3.48. The van der Waals surface area contributed by atoms with E-state index in [2.05, 4.69) is 10.1 Å². The predicted molar refractivity (Wildman–Crippen MR) is 82.1 cm³/mol. The van der Waals surface area contributed by atoms with Gasteiger partial charge in [-0.05, 0) is 24.6 Å². The summed E-state index contributed by atoms with van der Waals surface area (Å²) >= 11 is 0. The molecule has 142 valence electrons. The summed E-state index contributed by atoms with van der Waals surface area (Å²) in [6.07, 6.45) is -5.56. The number of amides is 3. The van der Waals surface area contributed by atoms with Gasteiger partial charge in [-0.25, -0.2) is 9.59 Å². The van der Waals surface area contributed by atoms with Crippen LogP contribution in [0.5, 0.6) is 0 Å². The van der Waals surface area contributed by atoms with Crippen molar-refractivity contribution in [1.82, 2.24) is 10.2 Å². The molecule has 0 saturated carbocycles. The van der Waals surface area contributed by atoms with Gasteiger partial charge in [0.25, 0.3) is 5.91 Å². The number of nitrogens with zero attached hydrogens (tertiary/aromatic N) is 1. The molecule has 1 atom stereocenters. The van der Waals surface area contributed by atoms with Crippen molar-refractivity contribution in [1.29, 1.82) is 0 Å². The zero-order valence-corrected chi connectivity index (χ0v) is 13.8. The van der Waals surface area contributed by atoms with Crippen LogP contribution < -0.4 is 5.32 Å². The Bertz CT molecular complexity index is 675. The Kier molecular flexibility index (Phi) is 6.19.